The quantitative estimate of drug-likeness (QED) is 0.761. The molecule has 14 heavy (non-hydrogen) atoms. The number of methoxy groups -OCH3 is 2. The lowest BCUT2D eigenvalue weighted by Crippen LogP contribution is -1.86. The first-order valence-electron chi connectivity index (χ1n) is 4.06. The standard InChI is InChI=1S/C10H9FO2S/c1-12-7-3-4-8-6(10(7)11)5-9(13-2)14-8/h3-5H,1-2H3. The van der Waals surface area contributed by atoms with Crippen molar-refractivity contribution in [1.82, 2.24) is 0 Å². The first kappa shape index (κ1) is 9.27. The summed E-state index contributed by atoms with van der Waals surface area (Å²) in [7, 11) is 3.02. The second kappa shape index (κ2) is 3.46. The Morgan fingerprint density at radius 3 is 2.64 bits per heavy atom. The number of halogens is 1. The second-order valence-electron chi connectivity index (χ2n) is 2.76. The van der Waals surface area contributed by atoms with Gasteiger partial charge in [-0.3, -0.25) is 0 Å². The van der Waals surface area contributed by atoms with Crippen LogP contribution in [0.5, 0.6) is 10.8 Å². The van der Waals surface area contributed by atoms with Crippen molar-refractivity contribution in [1.29, 1.82) is 0 Å². The highest BCUT2D eigenvalue weighted by atomic mass is 32.1. The lowest BCUT2D eigenvalue weighted by Gasteiger charge is -2.00. The third-order valence-electron chi connectivity index (χ3n) is 2.00. The molecule has 0 fully saturated rings. The summed E-state index contributed by atoms with van der Waals surface area (Å²) in [5.74, 6) is -0.0671. The predicted molar refractivity (Wildman–Crippen MR) is 54.9 cm³/mol. The lowest BCUT2D eigenvalue weighted by atomic mass is 10.2. The summed E-state index contributed by atoms with van der Waals surface area (Å²) in [6, 6.07) is 5.12. The van der Waals surface area contributed by atoms with Crippen LogP contribution < -0.4 is 9.47 Å². The van der Waals surface area contributed by atoms with Crippen LogP contribution >= 0.6 is 11.3 Å². The maximum Gasteiger partial charge on any atom is 0.174 e. The van der Waals surface area contributed by atoms with E-state index in [4.69, 9.17) is 9.47 Å². The lowest BCUT2D eigenvalue weighted by molar-refractivity contribution is 0.389. The molecule has 0 radical (unpaired) electrons. The zero-order chi connectivity index (χ0) is 10.1. The van der Waals surface area contributed by atoms with Crippen LogP contribution in [0.1, 0.15) is 0 Å². The van der Waals surface area contributed by atoms with E-state index in [-0.39, 0.29) is 11.6 Å². The number of hydrogen-bond donors (Lipinski definition) is 0. The van der Waals surface area contributed by atoms with Crippen LogP contribution in [0.25, 0.3) is 10.1 Å². The zero-order valence-corrected chi connectivity index (χ0v) is 8.65. The Kier molecular flexibility index (Phi) is 2.29. The Labute approximate surface area is 84.9 Å². The van der Waals surface area contributed by atoms with Gasteiger partial charge in [0.15, 0.2) is 16.6 Å². The second-order valence-corrected chi connectivity index (χ2v) is 3.81. The summed E-state index contributed by atoms with van der Waals surface area (Å²) in [6.45, 7) is 0. The molecule has 0 atom stereocenters. The van der Waals surface area contributed by atoms with E-state index in [0.29, 0.717) is 10.4 Å². The van der Waals surface area contributed by atoms with Gasteiger partial charge in [-0.15, -0.1) is 0 Å². The van der Waals surface area contributed by atoms with Crippen LogP contribution in [-0.4, -0.2) is 14.2 Å². The molecule has 1 aromatic carbocycles. The van der Waals surface area contributed by atoms with Crippen molar-refractivity contribution in [3.05, 3.63) is 24.0 Å². The molecule has 1 aromatic heterocycles. The number of fused-ring (bicyclic) bond motifs is 1. The van der Waals surface area contributed by atoms with Gasteiger partial charge in [0, 0.05) is 16.2 Å². The highest BCUT2D eigenvalue weighted by molar-refractivity contribution is 7.20. The first-order chi connectivity index (χ1) is 6.76. The Morgan fingerprint density at radius 2 is 2.00 bits per heavy atom. The van der Waals surface area contributed by atoms with Crippen LogP contribution in [-0.2, 0) is 0 Å². The SMILES string of the molecule is COc1cc2c(F)c(OC)ccc2s1. The molecule has 2 aromatic rings. The molecule has 0 aliphatic carbocycles. The summed E-state index contributed by atoms with van der Waals surface area (Å²) in [5, 5.41) is 1.25. The van der Waals surface area contributed by atoms with Crippen LogP contribution in [0, 0.1) is 5.82 Å². The van der Waals surface area contributed by atoms with Gasteiger partial charge in [-0.1, -0.05) is 11.3 Å². The Morgan fingerprint density at radius 1 is 1.21 bits per heavy atom. The van der Waals surface area contributed by atoms with Crippen molar-refractivity contribution in [3.8, 4) is 10.8 Å². The van der Waals surface area contributed by atoms with E-state index in [2.05, 4.69) is 0 Å². The number of hydrogen-bond acceptors (Lipinski definition) is 3. The minimum absolute atomic E-state index is 0.262. The fourth-order valence-electron chi connectivity index (χ4n) is 1.29. The number of rotatable bonds is 2. The Balaban J connectivity index is 2.68. The molecule has 0 unspecified atom stereocenters. The molecular weight excluding hydrogens is 203 g/mol. The Hall–Kier alpha value is -1.29. The largest absolute Gasteiger partial charge is 0.494 e. The van der Waals surface area contributed by atoms with Crippen LogP contribution in [0.15, 0.2) is 18.2 Å². The summed E-state index contributed by atoms with van der Waals surface area (Å²) in [5.41, 5.74) is 0. The minimum Gasteiger partial charge on any atom is -0.494 e. The van der Waals surface area contributed by atoms with E-state index in [9.17, 15) is 4.39 Å². The van der Waals surface area contributed by atoms with Crippen molar-refractivity contribution in [2.75, 3.05) is 14.2 Å². The molecule has 0 aliphatic rings. The highest BCUT2D eigenvalue weighted by Gasteiger charge is 2.10. The maximum atomic E-state index is 13.6. The summed E-state index contributed by atoms with van der Waals surface area (Å²) >= 11 is 1.41. The van der Waals surface area contributed by atoms with Crippen molar-refractivity contribution in [2.45, 2.75) is 0 Å². The van der Waals surface area contributed by atoms with Gasteiger partial charge in [-0.25, -0.2) is 4.39 Å². The smallest absolute Gasteiger partial charge is 0.174 e. The molecule has 0 saturated carbocycles. The van der Waals surface area contributed by atoms with Gasteiger partial charge in [0.1, 0.15) is 0 Å². The van der Waals surface area contributed by atoms with Crippen molar-refractivity contribution < 1.29 is 13.9 Å². The summed E-state index contributed by atoms with van der Waals surface area (Å²) in [6.07, 6.45) is 0. The Bertz CT molecular complexity index is 464. The molecule has 2 rings (SSSR count). The zero-order valence-electron chi connectivity index (χ0n) is 7.83. The van der Waals surface area contributed by atoms with E-state index in [1.54, 1.807) is 19.2 Å². The van der Waals surface area contributed by atoms with E-state index < -0.39 is 0 Å². The minimum atomic E-state index is -0.329. The molecular formula is C10H9FO2S. The van der Waals surface area contributed by atoms with Crippen LogP contribution in [0.4, 0.5) is 4.39 Å². The normalized spacial score (nSPS) is 10.5. The van der Waals surface area contributed by atoms with Gasteiger partial charge >= 0.3 is 0 Å². The monoisotopic (exact) mass is 212 g/mol. The average Bonchev–Trinajstić information content (AvgIpc) is 2.62. The molecule has 0 aliphatic heterocycles. The van der Waals surface area contributed by atoms with Crippen molar-refractivity contribution >= 4 is 21.4 Å². The van der Waals surface area contributed by atoms with Crippen LogP contribution in [0.3, 0.4) is 0 Å². The summed E-state index contributed by atoms with van der Waals surface area (Å²) < 4.78 is 24.4. The van der Waals surface area contributed by atoms with Gasteiger partial charge in [-0.2, -0.15) is 0 Å². The molecule has 0 N–H and O–H groups in total. The van der Waals surface area contributed by atoms with Crippen LogP contribution in [0.2, 0.25) is 0 Å². The third-order valence-corrected chi connectivity index (χ3v) is 3.06. The third kappa shape index (κ3) is 1.32. The van der Waals surface area contributed by atoms with Gasteiger partial charge < -0.3 is 9.47 Å². The van der Waals surface area contributed by atoms with Crippen molar-refractivity contribution in [3.63, 3.8) is 0 Å². The van der Waals surface area contributed by atoms with E-state index in [0.717, 1.165) is 4.70 Å². The molecule has 0 spiro atoms. The molecule has 0 amide bonds. The van der Waals surface area contributed by atoms with E-state index in [1.807, 2.05) is 6.07 Å². The number of thiophene rings is 1. The van der Waals surface area contributed by atoms with E-state index in [1.165, 1.54) is 18.4 Å². The molecule has 74 valence electrons. The molecule has 4 heteroatoms. The average molecular weight is 212 g/mol. The fourth-order valence-corrected chi connectivity index (χ4v) is 2.16. The van der Waals surface area contributed by atoms with Gasteiger partial charge in [0.2, 0.25) is 0 Å². The molecule has 0 bridgehead atoms. The van der Waals surface area contributed by atoms with E-state index >= 15 is 0 Å². The molecule has 1 heterocycles. The van der Waals surface area contributed by atoms with Gasteiger partial charge in [-0.05, 0) is 12.1 Å². The van der Waals surface area contributed by atoms with Gasteiger partial charge in [0.05, 0.1) is 14.2 Å². The highest BCUT2D eigenvalue weighted by Crippen LogP contribution is 2.36. The topological polar surface area (TPSA) is 18.5 Å². The summed E-state index contributed by atoms with van der Waals surface area (Å²) in [4.78, 5) is 0. The number of ether oxygens (including phenoxy) is 2. The van der Waals surface area contributed by atoms with Crippen molar-refractivity contribution in [2.24, 2.45) is 0 Å². The molecule has 2 nitrogen and oxygen atoms in total. The maximum absolute atomic E-state index is 13.6. The number of benzene rings is 1. The first-order valence-corrected chi connectivity index (χ1v) is 4.88. The fraction of sp³-hybridized carbons (Fsp3) is 0.200. The molecule has 0 saturated heterocycles. The predicted octanol–water partition coefficient (Wildman–Crippen LogP) is 3.06. The van der Waals surface area contributed by atoms with Gasteiger partial charge in [0.25, 0.3) is 0 Å².